The summed E-state index contributed by atoms with van der Waals surface area (Å²) in [7, 11) is 0. The Morgan fingerprint density at radius 3 is 2.78 bits per heavy atom. The van der Waals surface area contributed by atoms with E-state index < -0.39 is 0 Å². The zero-order chi connectivity index (χ0) is 13.2. The van der Waals surface area contributed by atoms with Crippen molar-refractivity contribution in [3.05, 3.63) is 0 Å². The Balaban J connectivity index is 1.92. The lowest BCUT2D eigenvalue weighted by atomic mass is 9.54. The SMILES string of the molecule is CCOC1CC(N)(CN2CCCSCC2)C1(C)C. The van der Waals surface area contributed by atoms with Crippen LogP contribution in [0.15, 0.2) is 0 Å². The third kappa shape index (κ3) is 2.72. The minimum Gasteiger partial charge on any atom is -0.378 e. The van der Waals surface area contributed by atoms with Crippen LogP contribution in [0, 0.1) is 5.41 Å². The van der Waals surface area contributed by atoms with E-state index in [1.165, 1.54) is 31.0 Å². The summed E-state index contributed by atoms with van der Waals surface area (Å²) in [4.78, 5) is 2.56. The zero-order valence-electron chi connectivity index (χ0n) is 12.1. The van der Waals surface area contributed by atoms with Gasteiger partial charge in [-0.05, 0) is 32.1 Å². The summed E-state index contributed by atoms with van der Waals surface area (Å²) in [5, 5.41) is 0. The lowest BCUT2D eigenvalue weighted by Gasteiger charge is -2.60. The third-order valence-electron chi connectivity index (χ3n) is 4.83. The van der Waals surface area contributed by atoms with Gasteiger partial charge in [0.05, 0.1) is 6.10 Å². The van der Waals surface area contributed by atoms with Gasteiger partial charge in [-0.3, -0.25) is 0 Å². The van der Waals surface area contributed by atoms with Crippen LogP contribution in [0.3, 0.4) is 0 Å². The second-order valence-corrected chi connectivity index (χ2v) is 7.49. The highest BCUT2D eigenvalue weighted by molar-refractivity contribution is 7.99. The van der Waals surface area contributed by atoms with Gasteiger partial charge in [0.2, 0.25) is 0 Å². The highest BCUT2D eigenvalue weighted by Crippen LogP contribution is 2.50. The summed E-state index contributed by atoms with van der Waals surface area (Å²) in [5.74, 6) is 2.56. The third-order valence-corrected chi connectivity index (χ3v) is 5.87. The molecule has 2 rings (SSSR count). The minimum atomic E-state index is -0.0676. The number of nitrogens with zero attached hydrogens (tertiary/aromatic N) is 1. The van der Waals surface area contributed by atoms with Crippen LogP contribution in [0.2, 0.25) is 0 Å². The van der Waals surface area contributed by atoms with Gasteiger partial charge in [0.25, 0.3) is 0 Å². The fourth-order valence-corrected chi connectivity index (χ4v) is 4.05. The van der Waals surface area contributed by atoms with Crippen molar-refractivity contribution in [2.45, 2.75) is 45.3 Å². The average Bonchev–Trinajstić information content (AvgIpc) is 2.57. The molecule has 106 valence electrons. The summed E-state index contributed by atoms with van der Waals surface area (Å²) in [5.41, 5.74) is 6.69. The molecule has 1 heterocycles. The molecule has 0 aromatic rings. The van der Waals surface area contributed by atoms with Crippen molar-refractivity contribution in [1.82, 2.24) is 4.90 Å². The van der Waals surface area contributed by atoms with Crippen LogP contribution in [0.4, 0.5) is 0 Å². The average molecular weight is 272 g/mol. The molecule has 0 amide bonds. The molecule has 0 aromatic carbocycles. The molecule has 2 N–H and O–H groups in total. The Morgan fingerprint density at radius 2 is 2.11 bits per heavy atom. The minimum absolute atomic E-state index is 0.0676. The van der Waals surface area contributed by atoms with E-state index in [0.717, 1.165) is 19.6 Å². The highest BCUT2D eigenvalue weighted by atomic mass is 32.2. The van der Waals surface area contributed by atoms with E-state index in [-0.39, 0.29) is 11.0 Å². The lowest BCUT2D eigenvalue weighted by Crippen LogP contribution is -2.73. The van der Waals surface area contributed by atoms with Gasteiger partial charge in [-0.25, -0.2) is 0 Å². The molecule has 3 nitrogen and oxygen atoms in total. The maximum atomic E-state index is 6.65. The quantitative estimate of drug-likeness (QED) is 0.849. The number of nitrogens with two attached hydrogens (primary N) is 1. The van der Waals surface area contributed by atoms with Crippen molar-refractivity contribution in [3.8, 4) is 0 Å². The monoisotopic (exact) mass is 272 g/mol. The van der Waals surface area contributed by atoms with Crippen LogP contribution in [-0.4, -0.2) is 54.3 Å². The standard InChI is InChI=1S/C14H28N2OS/c1-4-17-12-10-14(15,13(12,2)3)11-16-6-5-8-18-9-7-16/h12H,4-11,15H2,1-3H3. The van der Waals surface area contributed by atoms with E-state index in [1.54, 1.807) is 0 Å². The van der Waals surface area contributed by atoms with Gasteiger partial charge < -0.3 is 15.4 Å². The van der Waals surface area contributed by atoms with Crippen molar-refractivity contribution < 1.29 is 4.74 Å². The molecule has 0 radical (unpaired) electrons. The molecule has 18 heavy (non-hydrogen) atoms. The van der Waals surface area contributed by atoms with Crippen LogP contribution in [-0.2, 0) is 4.74 Å². The van der Waals surface area contributed by atoms with Gasteiger partial charge in [0.15, 0.2) is 0 Å². The van der Waals surface area contributed by atoms with Crippen molar-refractivity contribution in [3.63, 3.8) is 0 Å². The molecule has 2 fully saturated rings. The molecule has 1 aliphatic heterocycles. The largest absolute Gasteiger partial charge is 0.378 e. The molecule has 0 bridgehead atoms. The number of hydrogen-bond donors (Lipinski definition) is 1. The van der Waals surface area contributed by atoms with Gasteiger partial charge >= 0.3 is 0 Å². The Labute approximate surface area is 116 Å². The summed E-state index contributed by atoms with van der Waals surface area (Å²) in [6.45, 7) is 10.8. The highest BCUT2D eigenvalue weighted by Gasteiger charge is 2.58. The van der Waals surface area contributed by atoms with E-state index in [1.807, 2.05) is 0 Å². The Bertz CT molecular complexity index is 277. The number of ether oxygens (including phenoxy) is 1. The first kappa shape index (κ1) is 14.6. The van der Waals surface area contributed by atoms with Gasteiger partial charge in [-0.1, -0.05) is 13.8 Å². The Kier molecular flexibility index (Phi) is 4.63. The van der Waals surface area contributed by atoms with E-state index in [0.29, 0.717) is 6.10 Å². The molecule has 2 atom stereocenters. The first-order valence-electron chi connectivity index (χ1n) is 7.20. The summed E-state index contributed by atoms with van der Waals surface area (Å²) >= 11 is 2.07. The predicted octanol–water partition coefficient (Wildman–Crippen LogP) is 1.96. The fourth-order valence-electron chi connectivity index (χ4n) is 3.13. The topological polar surface area (TPSA) is 38.5 Å². The van der Waals surface area contributed by atoms with Crippen LogP contribution in [0.25, 0.3) is 0 Å². The second-order valence-electron chi connectivity index (χ2n) is 6.27. The maximum absolute atomic E-state index is 6.65. The zero-order valence-corrected chi connectivity index (χ0v) is 12.9. The Morgan fingerprint density at radius 1 is 1.33 bits per heavy atom. The summed E-state index contributed by atoms with van der Waals surface area (Å²) in [6, 6.07) is 0. The van der Waals surface area contributed by atoms with Crippen molar-refractivity contribution in [2.75, 3.05) is 37.7 Å². The second kappa shape index (κ2) is 5.70. The van der Waals surface area contributed by atoms with Crippen LogP contribution in [0.5, 0.6) is 0 Å². The fraction of sp³-hybridized carbons (Fsp3) is 1.00. The molecule has 2 unspecified atom stereocenters. The van der Waals surface area contributed by atoms with Gasteiger partial charge in [-0.2, -0.15) is 11.8 Å². The molecule has 4 heteroatoms. The van der Waals surface area contributed by atoms with Gasteiger partial charge in [-0.15, -0.1) is 0 Å². The van der Waals surface area contributed by atoms with Crippen LogP contribution < -0.4 is 5.73 Å². The molecule has 0 aromatic heterocycles. The van der Waals surface area contributed by atoms with Crippen molar-refractivity contribution >= 4 is 11.8 Å². The lowest BCUT2D eigenvalue weighted by molar-refractivity contribution is -0.156. The number of thioether (sulfide) groups is 1. The first-order chi connectivity index (χ1) is 8.49. The summed E-state index contributed by atoms with van der Waals surface area (Å²) in [6.07, 6.45) is 2.65. The smallest absolute Gasteiger partial charge is 0.0662 e. The van der Waals surface area contributed by atoms with Crippen LogP contribution >= 0.6 is 11.8 Å². The van der Waals surface area contributed by atoms with E-state index >= 15 is 0 Å². The number of hydrogen-bond acceptors (Lipinski definition) is 4. The molecule has 2 aliphatic rings. The first-order valence-corrected chi connectivity index (χ1v) is 8.35. The molecular weight excluding hydrogens is 244 g/mol. The van der Waals surface area contributed by atoms with E-state index in [2.05, 4.69) is 37.4 Å². The molecule has 0 spiro atoms. The van der Waals surface area contributed by atoms with E-state index in [4.69, 9.17) is 10.5 Å². The molecule has 1 saturated carbocycles. The van der Waals surface area contributed by atoms with Crippen molar-refractivity contribution in [2.24, 2.45) is 11.1 Å². The molecular formula is C14H28N2OS. The van der Waals surface area contributed by atoms with Crippen LogP contribution in [0.1, 0.15) is 33.6 Å². The van der Waals surface area contributed by atoms with Crippen molar-refractivity contribution in [1.29, 1.82) is 0 Å². The van der Waals surface area contributed by atoms with Gasteiger partial charge in [0.1, 0.15) is 0 Å². The molecule has 1 aliphatic carbocycles. The Hall–Kier alpha value is 0.230. The van der Waals surface area contributed by atoms with Gasteiger partial charge in [0, 0.05) is 36.4 Å². The van der Waals surface area contributed by atoms with E-state index in [9.17, 15) is 0 Å². The maximum Gasteiger partial charge on any atom is 0.0662 e. The normalized spacial score (nSPS) is 37.0. The summed E-state index contributed by atoms with van der Waals surface area (Å²) < 4.78 is 5.80. The predicted molar refractivity (Wildman–Crippen MR) is 79.1 cm³/mol. The number of rotatable bonds is 4. The molecule has 1 saturated heterocycles.